The van der Waals surface area contributed by atoms with E-state index in [2.05, 4.69) is 5.32 Å². The molecule has 4 heteroatoms. The van der Waals surface area contributed by atoms with Crippen molar-refractivity contribution in [2.75, 3.05) is 20.2 Å². The normalized spacial score (nSPS) is 12.2. The van der Waals surface area contributed by atoms with Crippen molar-refractivity contribution in [3.05, 3.63) is 29.8 Å². The van der Waals surface area contributed by atoms with E-state index in [0.717, 1.165) is 11.3 Å². The van der Waals surface area contributed by atoms with E-state index in [1.54, 1.807) is 14.0 Å². The molecule has 4 nitrogen and oxygen atoms in total. The molecule has 0 spiro atoms. The molecule has 0 amide bonds. The average Bonchev–Trinajstić information content (AvgIpc) is 2.34. The van der Waals surface area contributed by atoms with Crippen LogP contribution in [0.4, 0.5) is 0 Å². The van der Waals surface area contributed by atoms with Gasteiger partial charge < -0.3 is 15.8 Å². The summed E-state index contributed by atoms with van der Waals surface area (Å²) >= 11 is 0. The van der Waals surface area contributed by atoms with Gasteiger partial charge in [0.1, 0.15) is 18.1 Å². The highest BCUT2D eigenvalue weighted by Gasteiger charge is 2.11. The van der Waals surface area contributed by atoms with Crippen LogP contribution >= 0.6 is 0 Å². The minimum Gasteiger partial charge on any atom is -0.492 e. The summed E-state index contributed by atoms with van der Waals surface area (Å²) in [5.41, 5.74) is 6.46. The van der Waals surface area contributed by atoms with Crippen LogP contribution in [0.1, 0.15) is 12.5 Å². The Morgan fingerprint density at radius 1 is 1.41 bits per heavy atom. The number of hydrogen-bond acceptors (Lipinski definition) is 4. The first-order valence-electron chi connectivity index (χ1n) is 5.77. The fourth-order valence-corrected chi connectivity index (χ4v) is 1.58. The molecule has 0 bridgehead atoms. The molecule has 0 heterocycles. The molecular formula is C13H20N2O2. The van der Waals surface area contributed by atoms with Crippen molar-refractivity contribution in [1.29, 1.82) is 0 Å². The summed E-state index contributed by atoms with van der Waals surface area (Å²) in [7, 11) is 1.80. The van der Waals surface area contributed by atoms with Crippen molar-refractivity contribution in [1.82, 2.24) is 5.32 Å². The number of Topliss-reactive ketones (excluding diaryl/α,β-unsaturated/α-hetero) is 1. The van der Waals surface area contributed by atoms with E-state index in [4.69, 9.17) is 10.5 Å². The van der Waals surface area contributed by atoms with Gasteiger partial charge in [-0.2, -0.15) is 0 Å². The van der Waals surface area contributed by atoms with Crippen molar-refractivity contribution in [2.45, 2.75) is 19.4 Å². The lowest BCUT2D eigenvalue weighted by Crippen LogP contribution is -2.34. The zero-order chi connectivity index (χ0) is 12.7. The van der Waals surface area contributed by atoms with Gasteiger partial charge in [0.15, 0.2) is 0 Å². The van der Waals surface area contributed by atoms with Gasteiger partial charge in [0.2, 0.25) is 0 Å². The van der Waals surface area contributed by atoms with Gasteiger partial charge in [-0.15, -0.1) is 0 Å². The predicted molar refractivity (Wildman–Crippen MR) is 68.2 cm³/mol. The minimum atomic E-state index is -0.120. The number of nitrogens with one attached hydrogen (secondary N) is 1. The van der Waals surface area contributed by atoms with Gasteiger partial charge in [-0.25, -0.2) is 0 Å². The lowest BCUT2D eigenvalue weighted by atomic mass is 10.0. The Bertz CT molecular complexity index is 349. The van der Waals surface area contributed by atoms with Crippen LogP contribution in [0.25, 0.3) is 0 Å². The monoisotopic (exact) mass is 236 g/mol. The predicted octanol–water partition coefficient (Wildman–Crippen LogP) is 0.744. The average molecular weight is 236 g/mol. The SMILES string of the molecule is CN[C@@H](Cc1ccc(OCCN)cc1)C(C)=O. The molecule has 0 unspecified atom stereocenters. The van der Waals surface area contributed by atoms with Crippen molar-refractivity contribution in [2.24, 2.45) is 5.73 Å². The maximum Gasteiger partial charge on any atom is 0.147 e. The topological polar surface area (TPSA) is 64.3 Å². The molecule has 94 valence electrons. The largest absolute Gasteiger partial charge is 0.492 e. The van der Waals surface area contributed by atoms with Gasteiger partial charge in [0.25, 0.3) is 0 Å². The molecule has 0 saturated carbocycles. The Balaban J connectivity index is 2.58. The minimum absolute atomic E-state index is 0.120. The van der Waals surface area contributed by atoms with E-state index in [1.807, 2.05) is 24.3 Å². The summed E-state index contributed by atoms with van der Waals surface area (Å²) in [5, 5.41) is 3.00. The first kappa shape index (κ1) is 13.7. The van der Waals surface area contributed by atoms with Crippen LogP contribution < -0.4 is 15.8 Å². The molecule has 17 heavy (non-hydrogen) atoms. The summed E-state index contributed by atoms with van der Waals surface area (Å²) in [6.45, 7) is 2.62. The van der Waals surface area contributed by atoms with Gasteiger partial charge in [0.05, 0.1) is 6.04 Å². The number of likely N-dealkylation sites (N-methyl/N-ethyl adjacent to an activating group) is 1. The number of ether oxygens (including phenoxy) is 1. The molecule has 0 aliphatic heterocycles. The van der Waals surface area contributed by atoms with E-state index in [1.165, 1.54) is 0 Å². The zero-order valence-electron chi connectivity index (χ0n) is 10.4. The molecule has 3 N–H and O–H groups in total. The van der Waals surface area contributed by atoms with Crippen LogP contribution in [-0.2, 0) is 11.2 Å². The Kier molecular flexibility index (Phi) is 5.66. The fourth-order valence-electron chi connectivity index (χ4n) is 1.58. The molecule has 0 aliphatic carbocycles. The molecule has 0 saturated heterocycles. The highest BCUT2D eigenvalue weighted by atomic mass is 16.5. The quantitative estimate of drug-likeness (QED) is 0.733. The van der Waals surface area contributed by atoms with E-state index in [0.29, 0.717) is 19.6 Å². The Morgan fingerprint density at radius 2 is 2.06 bits per heavy atom. The second-order valence-electron chi connectivity index (χ2n) is 3.94. The van der Waals surface area contributed by atoms with Gasteiger partial charge in [-0.3, -0.25) is 4.79 Å². The van der Waals surface area contributed by atoms with Crippen molar-refractivity contribution < 1.29 is 9.53 Å². The Hall–Kier alpha value is -1.39. The van der Waals surface area contributed by atoms with Crippen LogP contribution in [0.5, 0.6) is 5.75 Å². The number of rotatable bonds is 7. The molecule has 0 fully saturated rings. The van der Waals surface area contributed by atoms with Crippen LogP contribution in [-0.4, -0.2) is 32.0 Å². The first-order valence-corrected chi connectivity index (χ1v) is 5.77. The number of carbonyl (C=O) groups excluding carboxylic acids is 1. The summed E-state index contributed by atoms with van der Waals surface area (Å²) in [6, 6.07) is 7.62. The molecule has 1 rings (SSSR count). The highest BCUT2D eigenvalue weighted by molar-refractivity contribution is 5.81. The van der Waals surface area contributed by atoms with Crippen LogP contribution in [0.3, 0.4) is 0 Å². The third-order valence-corrected chi connectivity index (χ3v) is 2.59. The van der Waals surface area contributed by atoms with Gasteiger partial charge in [-0.1, -0.05) is 12.1 Å². The van der Waals surface area contributed by atoms with Crippen LogP contribution in [0, 0.1) is 0 Å². The molecular weight excluding hydrogens is 216 g/mol. The second kappa shape index (κ2) is 7.04. The third-order valence-electron chi connectivity index (χ3n) is 2.59. The van der Waals surface area contributed by atoms with E-state index >= 15 is 0 Å². The summed E-state index contributed by atoms with van der Waals surface area (Å²) < 4.78 is 5.38. The lowest BCUT2D eigenvalue weighted by Gasteiger charge is -2.13. The van der Waals surface area contributed by atoms with Crippen LogP contribution in [0.2, 0.25) is 0 Å². The summed E-state index contributed by atoms with van der Waals surface area (Å²) in [6.07, 6.45) is 0.697. The van der Waals surface area contributed by atoms with Crippen molar-refractivity contribution in [3.63, 3.8) is 0 Å². The maximum atomic E-state index is 11.3. The molecule has 1 atom stereocenters. The van der Waals surface area contributed by atoms with Gasteiger partial charge >= 0.3 is 0 Å². The summed E-state index contributed by atoms with van der Waals surface area (Å²) in [4.78, 5) is 11.3. The fraction of sp³-hybridized carbons (Fsp3) is 0.462. The van der Waals surface area contributed by atoms with Crippen LogP contribution in [0.15, 0.2) is 24.3 Å². The maximum absolute atomic E-state index is 11.3. The highest BCUT2D eigenvalue weighted by Crippen LogP contribution is 2.13. The Labute approximate surface area is 102 Å². The molecule has 1 aromatic carbocycles. The van der Waals surface area contributed by atoms with E-state index in [9.17, 15) is 4.79 Å². The van der Waals surface area contributed by atoms with Gasteiger partial charge in [-0.05, 0) is 38.1 Å². The first-order chi connectivity index (χ1) is 8.17. The molecule has 0 radical (unpaired) electrons. The van der Waals surface area contributed by atoms with Crippen molar-refractivity contribution in [3.8, 4) is 5.75 Å². The number of ketones is 1. The lowest BCUT2D eigenvalue weighted by molar-refractivity contribution is -0.118. The van der Waals surface area contributed by atoms with E-state index < -0.39 is 0 Å². The van der Waals surface area contributed by atoms with E-state index in [-0.39, 0.29) is 11.8 Å². The number of nitrogens with two attached hydrogens (primary N) is 1. The summed E-state index contributed by atoms with van der Waals surface area (Å²) in [5.74, 6) is 0.957. The molecule has 0 aliphatic rings. The Morgan fingerprint density at radius 3 is 2.53 bits per heavy atom. The molecule has 0 aromatic heterocycles. The smallest absolute Gasteiger partial charge is 0.147 e. The third kappa shape index (κ3) is 4.54. The van der Waals surface area contributed by atoms with Gasteiger partial charge in [0, 0.05) is 6.54 Å². The number of hydrogen-bond donors (Lipinski definition) is 2. The number of carbonyl (C=O) groups is 1. The number of benzene rings is 1. The second-order valence-corrected chi connectivity index (χ2v) is 3.94. The molecule has 1 aromatic rings. The van der Waals surface area contributed by atoms with Crippen molar-refractivity contribution >= 4 is 5.78 Å². The standard InChI is InChI=1S/C13H20N2O2/c1-10(16)13(15-2)9-11-3-5-12(6-4-11)17-8-7-14/h3-6,13,15H,7-9,14H2,1-2H3/t13-/m0/s1. The zero-order valence-corrected chi connectivity index (χ0v) is 10.4.